The number of hydrogen-bond donors (Lipinski definition) is 0. The number of anilines is 3. The Morgan fingerprint density at radius 3 is 1.60 bits per heavy atom. The summed E-state index contributed by atoms with van der Waals surface area (Å²) in [7, 11) is 0. The Kier molecular flexibility index (Phi) is 8.96. The first-order valence-electron chi connectivity index (χ1n) is 25.4. The Morgan fingerprint density at radius 2 is 1.03 bits per heavy atom. The molecule has 6 atom stereocenters. The van der Waals surface area contributed by atoms with E-state index < -0.39 is 0 Å². The Labute approximate surface area is 395 Å². The molecule has 4 saturated carbocycles. The SMILES string of the molecule is CC1(C)c2cc(N(c3ccc(C4CC5CCC4C5)cc3)c3ccc(C4CC5CCC4C5)cc3)ccc2-c2c(-c3ccccc3)cc3c4cc(-c5ccccc5)ccc4n(-c4ccccc4)c3c21. The first-order valence-corrected chi connectivity index (χ1v) is 25.4. The van der Waals surface area contributed by atoms with Crippen LogP contribution in [0.3, 0.4) is 0 Å². The summed E-state index contributed by atoms with van der Waals surface area (Å²) in [5.41, 5.74) is 20.6. The van der Waals surface area contributed by atoms with Gasteiger partial charge in [0.05, 0.1) is 11.0 Å². The maximum absolute atomic E-state index is 2.56. The summed E-state index contributed by atoms with van der Waals surface area (Å²) in [4.78, 5) is 2.55. The Balaban J connectivity index is 0.962. The molecule has 5 aliphatic rings. The molecule has 328 valence electrons. The Morgan fingerprint density at radius 1 is 0.463 bits per heavy atom. The van der Waals surface area contributed by atoms with Gasteiger partial charge in [0.1, 0.15) is 0 Å². The van der Waals surface area contributed by atoms with E-state index in [-0.39, 0.29) is 5.41 Å². The third-order valence-electron chi connectivity index (χ3n) is 17.7. The van der Waals surface area contributed by atoms with Gasteiger partial charge in [-0.2, -0.15) is 0 Å². The van der Waals surface area contributed by atoms with Crippen molar-refractivity contribution in [1.29, 1.82) is 0 Å². The molecule has 4 fully saturated rings. The van der Waals surface area contributed by atoms with Gasteiger partial charge in [0.2, 0.25) is 0 Å². The minimum absolute atomic E-state index is 0.324. The molecule has 4 bridgehead atoms. The van der Waals surface area contributed by atoms with Gasteiger partial charge in [0.15, 0.2) is 0 Å². The highest BCUT2D eigenvalue weighted by molar-refractivity contribution is 6.17. The first-order chi connectivity index (χ1) is 32.9. The Hall–Kier alpha value is -6.64. The van der Waals surface area contributed by atoms with Crippen LogP contribution in [0.5, 0.6) is 0 Å². The minimum atomic E-state index is -0.324. The van der Waals surface area contributed by atoms with Crippen LogP contribution in [0.4, 0.5) is 17.1 Å². The lowest BCUT2D eigenvalue weighted by Gasteiger charge is -2.30. The molecule has 0 aliphatic heterocycles. The normalized spacial score (nSPS) is 23.0. The molecule has 6 unspecified atom stereocenters. The minimum Gasteiger partial charge on any atom is -0.310 e. The predicted octanol–water partition coefficient (Wildman–Crippen LogP) is 17.7. The van der Waals surface area contributed by atoms with Crippen molar-refractivity contribution in [3.63, 3.8) is 0 Å². The number of nitrogens with zero attached hydrogens (tertiary/aromatic N) is 2. The van der Waals surface area contributed by atoms with Crippen LogP contribution in [0, 0.1) is 23.7 Å². The number of hydrogen-bond acceptors (Lipinski definition) is 1. The number of para-hydroxylation sites is 1. The molecule has 0 saturated heterocycles. The van der Waals surface area contributed by atoms with Gasteiger partial charge >= 0.3 is 0 Å². The molecule has 2 heteroatoms. The molecule has 5 aliphatic carbocycles. The van der Waals surface area contributed by atoms with Crippen molar-refractivity contribution in [1.82, 2.24) is 4.57 Å². The lowest BCUT2D eigenvalue weighted by Crippen LogP contribution is -2.18. The van der Waals surface area contributed by atoms with Crippen molar-refractivity contribution >= 4 is 38.9 Å². The highest BCUT2D eigenvalue weighted by atomic mass is 15.1. The van der Waals surface area contributed by atoms with Crippen molar-refractivity contribution in [2.75, 3.05) is 4.90 Å². The van der Waals surface area contributed by atoms with Crippen LogP contribution < -0.4 is 4.90 Å². The molecule has 1 heterocycles. The van der Waals surface area contributed by atoms with Crippen LogP contribution in [0.2, 0.25) is 0 Å². The van der Waals surface area contributed by atoms with E-state index in [2.05, 4.69) is 205 Å². The van der Waals surface area contributed by atoms with Gasteiger partial charge in [-0.1, -0.05) is 142 Å². The quantitative estimate of drug-likeness (QED) is 0.148. The zero-order valence-electron chi connectivity index (χ0n) is 38.8. The van der Waals surface area contributed by atoms with E-state index in [9.17, 15) is 0 Å². The van der Waals surface area contributed by atoms with Crippen molar-refractivity contribution < 1.29 is 0 Å². The largest absolute Gasteiger partial charge is 0.310 e. The van der Waals surface area contributed by atoms with Crippen LogP contribution in [0.1, 0.15) is 99.3 Å². The summed E-state index contributed by atoms with van der Waals surface area (Å²) >= 11 is 0. The molecular weight excluding hydrogens is 809 g/mol. The maximum atomic E-state index is 2.56. The summed E-state index contributed by atoms with van der Waals surface area (Å²) in [5, 5.41) is 2.57. The van der Waals surface area contributed by atoms with Crippen LogP contribution >= 0.6 is 0 Å². The Bertz CT molecular complexity index is 3270. The maximum Gasteiger partial charge on any atom is 0.0588 e. The molecule has 67 heavy (non-hydrogen) atoms. The summed E-state index contributed by atoms with van der Waals surface area (Å²) in [6.45, 7) is 4.97. The monoisotopic (exact) mass is 866 g/mol. The molecular formula is C65H58N2. The second-order valence-electron chi connectivity index (χ2n) is 21.6. The summed E-state index contributed by atoms with van der Waals surface area (Å²) < 4.78 is 2.56. The van der Waals surface area contributed by atoms with Crippen LogP contribution in [0.15, 0.2) is 182 Å². The van der Waals surface area contributed by atoms with Gasteiger partial charge in [0, 0.05) is 38.9 Å². The molecule has 1 aromatic heterocycles. The fourth-order valence-electron chi connectivity index (χ4n) is 14.6. The van der Waals surface area contributed by atoms with Crippen molar-refractivity contribution in [3.8, 4) is 39.1 Å². The van der Waals surface area contributed by atoms with E-state index in [4.69, 9.17) is 0 Å². The van der Waals surface area contributed by atoms with Gasteiger partial charge in [0.25, 0.3) is 0 Å². The van der Waals surface area contributed by atoms with Gasteiger partial charge in [-0.15, -0.1) is 0 Å². The zero-order valence-corrected chi connectivity index (χ0v) is 38.8. The third kappa shape index (κ3) is 6.21. The topological polar surface area (TPSA) is 8.17 Å². The molecule has 9 aromatic rings. The first kappa shape index (κ1) is 39.5. The second kappa shape index (κ2) is 15.2. The van der Waals surface area contributed by atoms with E-state index >= 15 is 0 Å². The van der Waals surface area contributed by atoms with Gasteiger partial charge in [-0.3, -0.25) is 0 Å². The van der Waals surface area contributed by atoms with Gasteiger partial charge < -0.3 is 9.47 Å². The second-order valence-corrected chi connectivity index (χ2v) is 21.6. The third-order valence-corrected chi connectivity index (χ3v) is 17.7. The number of rotatable bonds is 8. The lowest BCUT2D eigenvalue weighted by molar-refractivity contribution is 0.420. The number of aromatic nitrogens is 1. The van der Waals surface area contributed by atoms with Crippen LogP contribution in [-0.4, -0.2) is 4.57 Å². The fraction of sp³-hybridized carbons (Fsp3) is 0.262. The van der Waals surface area contributed by atoms with Crippen molar-refractivity contribution in [3.05, 3.63) is 204 Å². The smallest absolute Gasteiger partial charge is 0.0588 e. The highest BCUT2D eigenvalue weighted by Gasteiger charge is 2.43. The predicted molar refractivity (Wildman–Crippen MR) is 280 cm³/mol. The van der Waals surface area contributed by atoms with E-state index in [1.807, 2.05) is 0 Å². The number of fused-ring (bicyclic) bond motifs is 11. The average molecular weight is 867 g/mol. The van der Waals surface area contributed by atoms with E-state index in [0.29, 0.717) is 11.8 Å². The summed E-state index contributed by atoms with van der Waals surface area (Å²) in [5.74, 6) is 5.03. The molecule has 0 amide bonds. The van der Waals surface area contributed by atoms with Crippen molar-refractivity contribution in [2.45, 2.75) is 82.5 Å². The number of benzene rings is 8. The van der Waals surface area contributed by atoms with E-state index in [0.717, 1.165) is 23.7 Å². The van der Waals surface area contributed by atoms with Crippen LogP contribution in [0.25, 0.3) is 60.9 Å². The molecule has 14 rings (SSSR count). The summed E-state index contributed by atoms with van der Waals surface area (Å²) in [6.07, 6.45) is 11.3. The van der Waals surface area contributed by atoms with E-state index in [1.165, 1.54) is 152 Å². The lowest BCUT2D eigenvalue weighted by atomic mass is 9.80. The highest BCUT2D eigenvalue weighted by Crippen LogP contribution is 2.59. The molecule has 0 N–H and O–H groups in total. The zero-order chi connectivity index (χ0) is 44.4. The fourth-order valence-corrected chi connectivity index (χ4v) is 14.6. The molecule has 0 spiro atoms. The van der Waals surface area contributed by atoms with E-state index in [1.54, 1.807) is 0 Å². The van der Waals surface area contributed by atoms with Gasteiger partial charge in [-0.05, 0) is 196 Å². The average Bonchev–Trinajstić information content (AvgIpc) is 4.27. The van der Waals surface area contributed by atoms with Crippen LogP contribution in [-0.2, 0) is 5.41 Å². The van der Waals surface area contributed by atoms with Gasteiger partial charge in [-0.25, -0.2) is 0 Å². The molecule has 2 nitrogen and oxygen atoms in total. The molecule has 0 radical (unpaired) electrons. The van der Waals surface area contributed by atoms with Crippen molar-refractivity contribution in [2.24, 2.45) is 23.7 Å². The molecule has 8 aromatic carbocycles. The standard InChI is InChI=1S/C65H58N2/c1-65(2)60-39-53(66(51-27-22-45(23-28-51)55-36-41-18-20-48(55)34-41)52-29-24-46(25-30-52)56-37-42-19-21-49(56)35-42)31-32-54(60)62-57(44-14-8-4-9-15-44)40-59-58-38-47(43-12-6-3-7-13-43)26-33-61(58)67(64(59)63(62)65)50-16-10-5-11-17-50/h3-17,22-33,38-42,48-49,55-56H,18-21,34-37H2,1-2H3. The summed E-state index contributed by atoms with van der Waals surface area (Å²) in [6, 6.07) is 69.7.